The van der Waals surface area contributed by atoms with Crippen molar-refractivity contribution in [3.05, 3.63) is 66.1 Å². The van der Waals surface area contributed by atoms with Crippen LogP contribution in [0.25, 0.3) is 27.8 Å². The van der Waals surface area contributed by atoms with Crippen molar-refractivity contribution < 1.29 is 9.50 Å². The van der Waals surface area contributed by atoms with Gasteiger partial charge in [0.2, 0.25) is 0 Å². The Morgan fingerprint density at radius 2 is 2.00 bits per heavy atom. The van der Waals surface area contributed by atoms with Crippen molar-refractivity contribution >= 4 is 16.6 Å². The number of nitrogens with zero attached hydrogens (tertiary/aromatic N) is 7. The highest BCUT2D eigenvalue weighted by Crippen LogP contribution is 2.30. The maximum atomic E-state index is 14.9. The summed E-state index contributed by atoms with van der Waals surface area (Å²) in [5.74, 6) is -0.542. The van der Waals surface area contributed by atoms with E-state index in [1.165, 1.54) is 6.07 Å². The van der Waals surface area contributed by atoms with Crippen molar-refractivity contribution in [1.29, 1.82) is 0 Å². The molecule has 5 aromatic rings. The Kier molecular flexibility index (Phi) is 4.32. The molecule has 0 aliphatic heterocycles. The van der Waals surface area contributed by atoms with Crippen molar-refractivity contribution in [3.8, 4) is 11.3 Å². The molecule has 1 aromatic carbocycles. The van der Waals surface area contributed by atoms with Crippen LogP contribution in [0.15, 0.2) is 49.1 Å². The number of rotatable bonds is 5. The lowest BCUT2D eigenvalue weighted by Crippen LogP contribution is -2.06. The second-order valence-electron chi connectivity index (χ2n) is 7.31. The fraction of sp³-hybridized carbons (Fsp3) is 0.238. The standard InChI is InChI=1S/C21H20FN7O/c1-13(16-7-14-9-24-27(2)19(14)8-17(16)22)20-11-23-21-4-3-18(26-29(20)21)15-10-25-28(12-15)5-6-30/h3-4,7-13,30H,5-6H2,1-2H3. The van der Waals surface area contributed by atoms with E-state index in [1.807, 2.05) is 31.3 Å². The number of aliphatic hydroxyl groups is 1. The van der Waals surface area contributed by atoms with Gasteiger partial charge in [-0.25, -0.2) is 13.9 Å². The van der Waals surface area contributed by atoms with Gasteiger partial charge in [0.25, 0.3) is 0 Å². The predicted octanol–water partition coefficient (Wildman–Crippen LogP) is 2.76. The van der Waals surface area contributed by atoms with Gasteiger partial charge in [-0.15, -0.1) is 0 Å². The lowest BCUT2D eigenvalue weighted by Gasteiger charge is -2.13. The van der Waals surface area contributed by atoms with Crippen LogP contribution >= 0.6 is 0 Å². The fourth-order valence-corrected chi connectivity index (χ4v) is 3.74. The monoisotopic (exact) mass is 405 g/mol. The third-order valence-electron chi connectivity index (χ3n) is 5.42. The number of hydrogen-bond donors (Lipinski definition) is 1. The zero-order valence-corrected chi connectivity index (χ0v) is 16.6. The summed E-state index contributed by atoms with van der Waals surface area (Å²) in [7, 11) is 1.80. The molecule has 0 amide bonds. The minimum atomic E-state index is -0.282. The molecule has 0 radical (unpaired) electrons. The molecule has 8 nitrogen and oxygen atoms in total. The van der Waals surface area contributed by atoms with E-state index >= 15 is 0 Å². The Labute approximate surface area is 171 Å². The van der Waals surface area contributed by atoms with Crippen molar-refractivity contribution in [1.82, 2.24) is 34.2 Å². The molecule has 0 aliphatic carbocycles. The zero-order valence-electron chi connectivity index (χ0n) is 16.6. The van der Waals surface area contributed by atoms with E-state index in [0.717, 1.165) is 27.9 Å². The van der Waals surface area contributed by atoms with Crippen molar-refractivity contribution in [3.63, 3.8) is 0 Å². The first-order valence-electron chi connectivity index (χ1n) is 9.64. The highest BCUT2D eigenvalue weighted by molar-refractivity contribution is 5.79. The van der Waals surface area contributed by atoms with E-state index in [2.05, 4.69) is 15.2 Å². The number of aliphatic hydroxyl groups excluding tert-OH is 1. The minimum absolute atomic E-state index is 0.0175. The molecule has 4 aromatic heterocycles. The van der Waals surface area contributed by atoms with E-state index in [1.54, 1.807) is 39.5 Å². The van der Waals surface area contributed by atoms with Gasteiger partial charge in [-0.1, -0.05) is 6.92 Å². The van der Waals surface area contributed by atoms with Crippen LogP contribution in [0.1, 0.15) is 24.1 Å². The number of fused-ring (bicyclic) bond motifs is 2. The molecule has 30 heavy (non-hydrogen) atoms. The molecule has 0 fully saturated rings. The largest absolute Gasteiger partial charge is 0.394 e. The molecule has 1 atom stereocenters. The maximum absolute atomic E-state index is 14.9. The minimum Gasteiger partial charge on any atom is -0.394 e. The molecule has 4 heterocycles. The van der Waals surface area contributed by atoms with Crippen LogP contribution in [0, 0.1) is 5.82 Å². The maximum Gasteiger partial charge on any atom is 0.153 e. The Balaban J connectivity index is 1.57. The van der Waals surface area contributed by atoms with E-state index in [4.69, 9.17) is 10.2 Å². The summed E-state index contributed by atoms with van der Waals surface area (Å²) in [4.78, 5) is 4.44. The van der Waals surface area contributed by atoms with Crippen molar-refractivity contribution in [2.24, 2.45) is 7.05 Å². The molecule has 152 valence electrons. The molecule has 9 heteroatoms. The van der Waals surface area contributed by atoms with E-state index < -0.39 is 0 Å². The Hall–Kier alpha value is -3.59. The van der Waals surface area contributed by atoms with E-state index in [0.29, 0.717) is 17.8 Å². The topological polar surface area (TPSA) is 86.1 Å². The number of imidazole rings is 1. The molecule has 1 N–H and O–H groups in total. The molecule has 1 unspecified atom stereocenters. The Morgan fingerprint density at radius 3 is 2.83 bits per heavy atom. The highest BCUT2D eigenvalue weighted by atomic mass is 19.1. The fourth-order valence-electron chi connectivity index (χ4n) is 3.74. The second kappa shape index (κ2) is 7.03. The molecule has 0 saturated carbocycles. The third kappa shape index (κ3) is 2.94. The SMILES string of the molecule is CC(c1cc2cnn(C)c2cc1F)c1cnc2ccc(-c3cnn(CCO)c3)nn12. The summed E-state index contributed by atoms with van der Waals surface area (Å²) < 4.78 is 20.0. The Morgan fingerprint density at radius 1 is 1.13 bits per heavy atom. The van der Waals surface area contributed by atoms with Gasteiger partial charge in [0.15, 0.2) is 5.65 Å². The number of hydrogen-bond acceptors (Lipinski definition) is 5. The summed E-state index contributed by atoms with van der Waals surface area (Å²) in [6.45, 7) is 2.38. The van der Waals surface area contributed by atoms with Gasteiger partial charge in [0.05, 0.1) is 48.6 Å². The van der Waals surface area contributed by atoms with Gasteiger partial charge < -0.3 is 5.11 Å². The number of aromatic nitrogens is 7. The van der Waals surface area contributed by atoms with Crippen LogP contribution in [0.3, 0.4) is 0 Å². The summed E-state index contributed by atoms with van der Waals surface area (Å²) in [5, 5.41) is 23.1. The highest BCUT2D eigenvalue weighted by Gasteiger charge is 2.20. The van der Waals surface area contributed by atoms with Gasteiger partial charge in [-0.3, -0.25) is 9.36 Å². The first-order chi connectivity index (χ1) is 14.5. The van der Waals surface area contributed by atoms with Crippen LogP contribution < -0.4 is 0 Å². The molecular formula is C21H20FN7O. The van der Waals surface area contributed by atoms with Gasteiger partial charge in [-0.2, -0.15) is 15.3 Å². The predicted molar refractivity (Wildman–Crippen MR) is 109 cm³/mol. The third-order valence-corrected chi connectivity index (χ3v) is 5.42. The quantitative estimate of drug-likeness (QED) is 0.486. The van der Waals surface area contributed by atoms with Crippen LogP contribution in [-0.2, 0) is 13.6 Å². The first-order valence-corrected chi connectivity index (χ1v) is 9.64. The molecular weight excluding hydrogens is 385 g/mol. The van der Waals surface area contributed by atoms with Crippen LogP contribution in [0.2, 0.25) is 0 Å². The molecule has 0 bridgehead atoms. The lowest BCUT2D eigenvalue weighted by molar-refractivity contribution is 0.269. The summed E-state index contributed by atoms with van der Waals surface area (Å²) in [6.07, 6.45) is 7.01. The smallest absolute Gasteiger partial charge is 0.153 e. The molecule has 0 aliphatic rings. The summed E-state index contributed by atoms with van der Waals surface area (Å²) >= 11 is 0. The lowest BCUT2D eigenvalue weighted by atomic mass is 9.96. The summed E-state index contributed by atoms with van der Waals surface area (Å²) in [6, 6.07) is 7.11. The van der Waals surface area contributed by atoms with Crippen LogP contribution in [-0.4, -0.2) is 45.9 Å². The van der Waals surface area contributed by atoms with Gasteiger partial charge in [0.1, 0.15) is 5.82 Å². The Bertz CT molecular complexity index is 1370. The van der Waals surface area contributed by atoms with E-state index in [-0.39, 0.29) is 18.3 Å². The van der Waals surface area contributed by atoms with Crippen LogP contribution in [0.5, 0.6) is 0 Å². The van der Waals surface area contributed by atoms with E-state index in [9.17, 15) is 4.39 Å². The zero-order chi connectivity index (χ0) is 20.8. The molecule has 5 rings (SSSR count). The first kappa shape index (κ1) is 18.4. The second-order valence-corrected chi connectivity index (χ2v) is 7.31. The van der Waals surface area contributed by atoms with Gasteiger partial charge in [0, 0.05) is 36.2 Å². The van der Waals surface area contributed by atoms with Crippen molar-refractivity contribution in [2.45, 2.75) is 19.4 Å². The van der Waals surface area contributed by atoms with Crippen LogP contribution in [0.4, 0.5) is 4.39 Å². The normalized spacial score (nSPS) is 12.8. The average Bonchev–Trinajstić information content (AvgIpc) is 3.46. The van der Waals surface area contributed by atoms with Gasteiger partial charge >= 0.3 is 0 Å². The summed E-state index contributed by atoms with van der Waals surface area (Å²) in [5.41, 5.74) is 4.35. The number of halogens is 1. The number of aryl methyl sites for hydroxylation is 1. The average molecular weight is 405 g/mol. The van der Waals surface area contributed by atoms with Gasteiger partial charge in [-0.05, 0) is 23.8 Å². The number of benzene rings is 1. The van der Waals surface area contributed by atoms with Crippen molar-refractivity contribution in [2.75, 3.05) is 6.61 Å². The molecule has 0 spiro atoms. The molecule has 0 saturated heterocycles.